The number of hydrogen-bond acceptors (Lipinski definition) is 3. The minimum atomic E-state index is -0.0243. The molecule has 0 bridgehead atoms. The van der Waals surface area contributed by atoms with Crippen LogP contribution in [0.2, 0.25) is 0 Å². The van der Waals surface area contributed by atoms with E-state index in [0.29, 0.717) is 0 Å². The fourth-order valence-corrected chi connectivity index (χ4v) is 3.01. The van der Waals surface area contributed by atoms with Crippen molar-refractivity contribution in [2.24, 2.45) is 0 Å². The Morgan fingerprint density at radius 3 is 1.90 bits per heavy atom. The summed E-state index contributed by atoms with van der Waals surface area (Å²) in [4.78, 5) is 0. The van der Waals surface area contributed by atoms with Crippen LogP contribution in [0.5, 0.6) is 0 Å². The molecule has 1 nitrogen and oxygen atoms in total. The van der Waals surface area contributed by atoms with Crippen molar-refractivity contribution < 1.29 is 4.65 Å². The van der Waals surface area contributed by atoms with E-state index in [0.717, 1.165) is 11.5 Å². The van der Waals surface area contributed by atoms with E-state index >= 15 is 0 Å². The minimum Gasteiger partial charge on any atom is -0.423 e. The van der Waals surface area contributed by atoms with Gasteiger partial charge in [0.15, 0.2) is 0 Å². The molecule has 0 aromatic heterocycles. The first kappa shape index (κ1) is 10.7. The fraction of sp³-hybridized carbons (Fsp3) is 1.00. The highest BCUT2D eigenvalue weighted by Gasteiger charge is 2.21. The molecule has 0 N–H and O–H groups in total. The normalized spacial score (nSPS) is 11.9. The average molecular weight is 178 g/mol. The van der Waals surface area contributed by atoms with Crippen molar-refractivity contribution in [2.45, 2.75) is 25.0 Å². The highest BCUT2D eigenvalue weighted by molar-refractivity contribution is 8.17. The largest absolute Gasteiger partial charge is 0.423 e. The third-order valence-corrected chi connectivity index (χ3v) is 3.85. The molecule has 0 unspecified atom stereocenters. The second-order valence-corrected chi connectivity index (χ2v) is 5.48. The predicted octanol–water partition coefficient (Wildman–Crippen LogP) is 1.73. The topological polar surface area (TPSA) is 9.23 Å². The Hall–Kier alpha value is 0.725. The van der Waals surface area contributed by atoms with Gasteiger partial charge in [-0.2, -0.15) is 0 Å². The third-order valence-electron chi connectivity index (χ3n) is 1.18. The molecule has 0 aromatic rings. The van der Waals surface area contributed by atoms with Gasteiger partial charge >= 0.3 is 0 Å². The van der Waals surface area contributed by atoms with E-state index in [1.165, 1.54) is 0 Å². The van der Waals surface area contributed by atoms with Gasteiger partial charge in [-0.05, 0) is 18.4 Å². The van der Waals surface area contributed by atoms with Gasteiger partial charge in [-0.25, -0.2) is 0 Å². The van der Waals surface area contributed by atoms with E-state index in [2.05, 4.69) is 20.8 Å². The number of rotatable bonds is 5. The first-order valence-electron chi connectivity index (χ1n) is 3.51. The summed E-state index contributed by atoms with van der Waals surface area (Å²) in [6.07, 6.45) is 0. The van der Waals surface area contributed by atoms with Gasteiger partial charge < -0.3 is 4.65 Å². The van der Waals surface area contributed by atoms with Crippen LogP contribution in [0.25, 0.3) is 0 Å². The Morgan fingerprint density at radius 2 is 1.70 bits per heavy atom. The highest BCUT2D eigenvalue weighted by atomic mass is 32.2. The highest BCUT2D eigenvalue weighted by Crippen LogP contribution is 2.36. The van der Waals surface area contributed by atoms with Crippen LogP contribution < -0.4 is 0 Å². The van der Waals surface area contributed by atoms with E-state index in [4.69, 9.17) is 4.65 Å². The minimum absolute atomic E-state index is 0.0243. The molecule has 0 spiro atoms. The van der Waals surface area contributed by atoms with Crippen LogP contribution in [0.15, 0.2) is 0 Å². The molecule has 0 aromatic carbocycles. The van der Waals surface area contributed by atoms with Crippen molar-refractivity contribution in [3.63, 3.8) is 0 Å². The zero-order chi connectivity index (χ0) is 8.04. The molecule has 10 heavy (non-hydrogen) atoms. The van der Waals surface area contributed by atoms with Crippen LogP contribution in [0.4, 0.5) is 0 Å². The molecule has 0 radical (unpaired) electrons. The van der Waals surface area contributed by atoms with Crippen LogP contribution in [0, 0.1) is 0 Å². The summed E-state index contributed by atoms with van der Waals surface area (Å²) >= 11 is 3.69. The van der Waals surface area contributed by atoms with Crippen molar-refractivity contribution in [3.05, 3.63) is 0 Å². The van der Waals surface area contributed by atoms with Crippen molar-refractivity contribution in [1.82, 2.24) is 0 Å². The Kier molecular flexibility index (Phi) is 5.78. The summed E-state index contributed by atoms with van der Waals surface area (Å²) in [5.74, 6) is 2.22. The quantitative estimate of drug-likeness (QED) is 0.468. The van der Waals surface area contributed by atoms with Crippen molar-refractivity contribution in [2.75, 3.05) is 11.5 Å². The third kappa shape index (κ3) is 3.79. The van der Waals surface area contributed by atoms with Crippen LogP contribution >= 0.6 is 23.5 Å². The maximum Gasteiger partial charge on any atom is 0.260 e. The van der Waals surface area contributed by atoms with Gasteiger partial charge in [0.2, 0.25) is 0 Å². The first-order valence-corrected chi connectivity index (χ1v) is 5.48. The molecule has 4 heteroatoms. The van der Waals surface area contributed by atoms with Gasteiger partial charge in [-0.3, -0.25) is 0 Å². The first-order chi connectivity index (χ1) is 4.68. The lowest BCUT2D eigenvalue weighted by Crippen LogP contribution is -2.19. The fourth-order valence-electron chi connectivity index (χ4n) is 0.684. The lowest BCUT2D eigenvalue weighted by molar-refractivity contribution is 0.306. The van der Waals surface area contributed by atoms with Crippen LogP contribution in [-0.2, 0) is 4.65 Å². The molecule has 0 fully saturated rings. The molecule has 60 valence electrons. The van der Waals surface area contributed by atoms with E-state index in [-0.39, 0.29) is 4.27 Å². The summed E-state index contributed by atoms with van der Waals surface area (Å²) < 4.78 is 5.32. The van der Waals surface area contributed by atoms with Crippen molar-refractivity contribution >= 4 is 31.6 Å². The molecule has 0 rings (SSSR count). The molecule has 0 aliphatic rings. The summed E-state index contributed by atoms with van der Waals surface area (Å²) in [7, 11) is 1.77. The zero-order valence-corrected chi connectivity index (χ0v) is 8.77. The average Bonchev–Trinajstić information content (AvgIpc) is 1.89. The van der Waals surface area contributed by atoms with Gasteiger partial charge in [0.05, 0.1) is 0 Å². The lowest BCUT2D eigenvalue weighted by Gasteiger charge is -2.26. The van der Waals surface area contributed by atoms with Crippen LogP contribution in [0.1, 0.15) is 20.8 Å². The van der Waals surface area contributed by atoms with Gasteiger partial charge in [0, 0.05) is 0 Å². The van der Waals surface area contributed by atoms with E-state index in [9.17, 15) is 0 Å². The molecule has 0 aliphatic carbocycles. The van der Waals surface area contributed by atoms with Crippen LogP contribution in [0.3, 0.4) is 0 Å². The Labute approximate surface area is 73.1 Å². The molecule has 0 saturated heterocycles. The lowest BCUT2D eigenvalue weighted by atomic mass is 10.6. The van der Waals surface area contributed by atoms with Gasteiger partial charge in [-0.1, -0.05) is 13.8 Å². The summed E-state index contributed by atoms with van der Waals surface area (Å²) in [6, 6.07) is 0. The van der Waals surface area contributed by atoms with Crippen LogP contribution in [-0.4, -0.2) is 23.8 Å². The Bertz CT molecular complexity index is 83.8. The number of hydrogen-bond donors (Lipinski definition) is 0. The second-order valence-electron chi connectivity index (χ2n) is 1.93. The smallest absolute Gasteiger partial charge is 0.260 e. The molecule has 0 amide bonds. The Morgan fingerprint density at radius 1 is 1.30 bits per heavy atom. The van der Waals surface area contributed by atoms with E-state index < -0.39 is 0 Å². The molecular formula is C6H15BOS2. The molecule has 0 atom stereocenters. The van der Waals surface area contributed by atoms with Gasteiger partial charge in [0.1, 0.15) is 4.27 Å². The maximum absolute atomic E-state index is 5.34. The van der Waals surface area contributed by atoms with Crippen molar-refractivity contribution in [1.29, 1.82) is 0 Å². The summed E-state index contributed by atoms with van der Waals surface area (Å²) in [5.41, 5.74) is 0. The molecule has 0 aliphatic heterocycles. The molecule has 0 saturated carbocycles. The summed E-state index contributed by atoms with van der Waals surface area (Å²) in [6.45, 7) is 6.42. The summed E-state index contributed by atoms with van der Waals surface area (Å²) in [5, 5.41) is 0. The monoisotopic (exact) mass is 178 g/mol. The number of thioether (sulfide) groups is 2. The zero-order valence-electron chi connectivity index (χ0n) is 7.14. The van der Waals surface area contributed by atoms with Crippen molar-refractivity contribution in [3.8, 4) is 0 Å². The van der Waals surface area contributed by atoms with Gasteiger partial charge in [-0.15, -0.1) is 23.5 Å². The standard InChI is InChI=1S/C6H15BOS2/c1-4-9-6(3,8-7)10-5-2/h4-5,7H2,1-3H3. The van der Waals surface area contributed by atoms with Gasteiger partial charge in [0.25, 0.3) is 8.05 Å². The SMILES string of the molecule is BOC(C)(SCC)SCC. The molecular weight excluding hydrogens is 163 g/mol. The second kappa shape index (κ2) is 5.39. The Balaban J connectivity index is 3.69. The maximum atomic E-state index is 5.34. The van der Waals surface area contributed by atoms with E-state index in [1.54, 1.807) is 8.05 Å². The van der Waals surface area contributed by atoms with E-state index in [1.807, 2.05) is 23.5 Å². The predicted molar refractivity (Wildman–Crippen MR) is 54.3 cm³/mol. The molecule has 0 heterocycles.